The van der Waals surface area contributed by atoms with Gasteiger partial charge in [-0.05, 0) is 110 Å². The standard InChI is InChI=1S/C29H21I3O7S/c30-20-14-24(27(32)25(31)15-20)29(34)38-13-7-12-26(33)39-21-16-22(18-8-3-1-4-9-18)28(40(35,36)37)23(17-21)19-10-5-2-6-11-19/h1-6,8-11,14-17H,7,12-13H2,(H,35,36,37)/p-1. The van der Waals surface area contributed by atoms with Crippen molar-refractivity contribution in [2.75, 3.05) is 6.61 Å². The van der Waals surface area contributed by atoms with Crippen LogP contribution in [0.1, 0.15) is 23.2 Å². The lowest BCUT2D eigenvalue weighted by atomic mass is 9.98. The molecule has 0 aromatic heterocycles. The third-order valence-corrected chi connectivity index (χ3v) is 10.3. The van der Waals surface area contributed by atoms with Gasteiger partial charge in [-0.1, -0.05) is 60.7 Å². The van der Waals surface area contributed by atoms with Gasteiger partial charge in [-0.15, -0.1) is 0 Å². The second kappa shape index (κ2) is 13.7. The third kappa shape index (κ3) is 7.80. The van der Waals surface area contributed by atoms with Gasteiger partial charge in [0.2, 0.25) is 0 Å². The van der Waals surface area contributed by atoms with Crippen LogP contribution in [-0.4, -0.2) is 31.5 Å². The fourth-order valence-electron chi connectivity index (χ4n) is 3.94. The van der Waals surface area contributed by atoms with Gasteiger partial charge in [0.1, 0.15) is 15.9 Å². The summed E-state index contributed by atoms with van der Waals surface area (Å²) in [6.45, 7) is 0.0178. The highest BCUT2D eigenvalue weighted by atomic mass is 127. The van der Waals surface area contributed by atoms with Crippen molar-refractivity contribution in [3.05, 3.63) is 101 Å². The van der Waals surface area contributed by atoms with Crippen LogP contribution in [0.3, 0.4) is 0 Å². The molecule has 0 saturated heterocycles. The first kappa shape index (κ1) is 30.9. The van der Waals surface area contributed by atoms with Crippen molar-refractivity contribution in [2.24, 2.45) is 0 Å². The molecular formula is C29H20I3O7S-. The minimum atomic E-state index is -4.90. The number of rotatable bonds is 9. The highest BCUT2D eigenvalue weighted by Gasteiger charge is 2.21. The summed E-state index contributed by atoms with van der Waals surface area (Å²) in [5.74, 6) is -0.969. The van der Waals surface area contributed by atoms with Crippen molar-refractivity contribution >= 4 is 89.8 Å². The lowest BCUT2D eigenvalue weighted by Gasteiger charge is -2.20. The van der Waals surface area contributed by atoms with Crippen molar-refractivity contribution < 1.29 is 32.0 Å². The number of esters is 2. The third-order valence-electron chi connectivity index (χ3n) is 5.69. The number of ether oxygens (including phenoxy) is 2. The summed E-state index contributed by atoms with van der Waals surface area (Å²) in [6, 6.07) is 23.6. The summed E-state index contributed by atoms with van der Waals surface area (Å²) in [6.07, 6.45) is 0.184. The summed E-state index contributed by atoms with van der Waals surface area (Å²) in [7, 11) is -4.90. The maximum absolute atomic E-state index is 12.7. The van der Waals surface area contributed by atoms with E-state index >= 15 is 0 Å². The molecule has 0 spiro atoms. The van der Waals surface area contributed by atoms with E-state index in [1.54, 1.807) is 66.7 Å². The molecule has 0 aliphatic heterocycles. The predicted octanol–water partition coefficient (Wildman–Crippen LogP) is 7.28. The molecule has 7 nitrogen and oxygen atoms in total. The first-order valence-corrected chi connectivity index (χ1v) is 16.5. The molecular weight excluding hydrogens is 873 g/mol. The van der Waals surface area contributed by atoms with Crippen LogP contribution in [0.5, 0.6) is 5.75 Å². The zero-order valence-corrected chi connectivity index (χ0v) is 27.9. The number of carbonyl (C=O) groups excluding carboxylic acids is 2. The average molecular weight is 893 g/mol. The monoisotopic (exact) mass is 893 g/mol. The molecule has 0 heterocycles. The lowest BCUT2D eigenvalue weighted by Crippen LogP contribution is -2.13. The Morgan fingerprint density at radius 3 is 1.88 bits per heavy atom. The molecule has 40 heavy (non-hydrogen) atoms. The molecule has 0 saturated carbocycles. The molecule has 11 heteroatoms. The molecule has 4 rings (SSSR count). The van der Waals surface area contributed by atoms with Gasteiger partial charge >= 0.3 is 11.9 Å². The van der Waals surface area contributed by atoms with E-state index in [1.165, 1.54) is 12.1 Å². The number of halogens is 3. The normalized spacial score (nSPS) is 11.2. The largest absolute Gasteiger partial charge is 0.744 e. The molecule has 0 N–H and O–H groups in total. The van der Waals surface area contributed by atoms with Crippen LogP contribution in [-0.2, 0) is 19.6 Å². The second-order valence-electron chi connectivity index (χ2n) is 8.50. The van der Waals surface area contributed by atoms with E-state index in [9.17, 15) is 22.6 Å². The molecule has 4 aromatic carbocycles. The van der Waals surface area contributed by atoms with Crippen molar-refractivity contribution in [2.45, 2.75) is 17.7 Å². The number of hydrogen-bond acceptors (Lipinski definition) is 7. The summed E-state index contributed by atoms with van der Waals surface area (Å²) in [4.78, 5) is 24.8. The molecule has 206 valence electrons. The highest BCUT2D eigenvalue weighted by Crippen LogP contribution is 2.39. The zero-order chi connectivity index (χ0) is 28.9. The molecule has 0 radical (unpaired) electrons. The Labute approximate surface area is 272 Å². The van der Waals surface area contributed by atoms with Crippen LogP contribution >= 0.6 is 67.8 Å². The minimum Gasteiger partial charge on any atom is -0.744 e. The Kier molecular flexibility index (Phi) is 10.6. The molecule has 0 unspecified atom stereocenters. The van der Waals surface area contributed by atoms with Crippen LogP contribution in [0.2, 0.25) is 0 Å². The van der Waals surface area contributed by atoms with E-state index in [0.29, 0.717) is 16.7 Å². The summed E-state index contributed by atoms with van der Waals surface area (Å²) >= 11 is 6.39. The van der Waals surface area contributed by atoms with E-state index < -0.39 is 27.0 Å². The smallest absolute Gasteiger partial charge is 0.339 e. The minimum absolute atomic E-state index is 0.0178. The zero-order valence-electron chi connectivity index (χ0n) is 20.6. The molecule has 0 fully saturated rings. The van der Waals surface area contributed by atoms with Crippen LogP contribution in [0.15, 0.2) is 89.8 Å². The first-order valence-electron chi connectivity index (χ1n) is 11.8. The summed E-state index contributed by atoms with van der Waals surface area (Å²) in [5.41, 5.74) is 1.71. The number of hydrogen-bond donors (Lipinski definition) is 0. The van der Waals surface area contributed by atoms with Gasteiger partial charge in [-0.2, -0.15) is 0 Å². The van der Waals surface area contributed by atoms with Crippen molar-refractivity contribution in [1.29, 1.82) is 0 Å². The number of carbonyl (C=O) groups is 2. The van der Waals surface area contributed by atoms with Gasteiger partial charge in [0.05, 0.1) is 17.1 Å². The Balaban J connectivity index is 1.54. The van der Waals surface area contributed by atoms with Crippen LogP contribution in [0, 0.1) is 10.7 Å². The molecule has 0 amide bonds. The van der Waals surface area contributed by atoms with E-state index in [1.807, 2.05) is 6.07 Å². The fraction of sp³-hybridized carbons (Fsp3) is 0.103. The average Bonchev–Trinajstić information content (AvgIpc) is 2.93. The van der Waals surface area contributed by atoms with Crippen LogP contribution in [0.25, 0.3) is 22.3 Å². The Morgan fingerprint density at radius 1 is 0.800 bits per heavy atom. The topological polar surface area (TPSA) is 110 Å². The van der Waals surface area contributed by atoms with Crippen LogP contribution in [0.4, 0.5) is 0 Å². The van der Waals surface area contributed by atoms with E-state index in [2.05, 4.69) is 67.8 Å². The molecule has 0 atom stereocenters. The highest BCUT2D eigenvalue weighted by molar-refractivity contribution is 14.1. The van der Waals surface area contributed by atoms with Crippen molar-refractivity contribution in [3.63, 3.8) is 0 Å². The molecule has 0 aliphatic carbocycles. The quantitative estimate of drug-likeness (QED) is 0.0434. The molecule has 0 bridgehead atoms. The summed E-state index contributed by atoms with van der Waals surface area (Å²) < 4.78 is 50.9. The van der Waals surface area contributed by atoms with Gasteiger partial charge < -0.3 is 14.0 Å². The van der Waals surface area contributed by atoms with Crippen LogP contribution < -0.4 is 4.74 Å². The molecule has 4 aromatic rings. The van der Waals surface area contributed by atoms with Crippen molar-refractivity contribution in [1.82, 2.24) is 0 Å². The second-order valence-corrected chi connectivity index (χ2v) is 13.3. The first-order chi connectivity index (χ1) is 19.0. The SMILES string of the molecule is O=C(CCCOC(=O)c1cc(I)cc(I)c1I)Oc1cc(-c2ccccc2)c(S(=O)(=O)[O-])c(-c2ccccc2)c1. The Bertz CT molecular complexity index is 1600. The maximum Gasteiger partial charge on any atom is 0.339 e. The lowest BCUT2D eigenvalue weighted by molar-refractivity contribution is -0.134. The maximum atomic E-state index is 12.7. The van der Waals surface area contributed by atoms with E-state index in [-0.39, 0.29) is 36.3 Å². The van der Waals surface area contributed by atoms with Gasteiger partial charge in [-0.3, -0.25) is 4.79 Å². The predicted molar refractivity (Wildman–Crippen MR) is 175 cm³/mol. The van der Waals surface area contributed by atoms with Gasteiger partial charge in [0, 0.05) is 28.3 Å². The van der Waals surface area contributed by atoms with E-state index in [4.69, 9.17) is 9.47 Å². The summed E-state index contributed by atoms with van der Waals surface area (Å²) in [5, 5.41) is 0. The van der Waals surface area contributed by atoms with E-state index in [0.717, 1.165) is 10.7 Å². The fourth-order valence-corrected chi connectivity index (χ4v) is 7.21. The molecule has 0 aliphatic rings. The van der Waals surface area contributed by atoms with Gasteiger partial charge in [-0.25, -0.2) is 13.2 Å². The van der Waals surface area contributed by atoms with Gasteiger partial charge in [0.25, 0.3) is 0 Å². The Hall–Kier alpha value is -2.08. The Morgan fingerprint density at radius 2 is 1.35 bits per heavy atom. The van der Waals surface area contributed by atoms with Crippen molar-refractivity contribution in [3.8, 4) is 28.0 Å². The number of benzene rings is 4. The van der Waals surface area contributed by atoms with Gasteiger partial charge in [0.15, 0.2) is 0 Å².